The Labute approximate surface area is 213 Å². The van der Waals surface area contributed by atoms with Crippen LogP contribution in [0.5, 0.6) is 0 Å². The summed E-state index contributed by atoms with van der Waals surface area (Å²) in [6.45, 7) is 1.39. The molecule has 0 aromatic rings. The average molecular weight is 535 g/mol. The van der Waals surface area contributed by atoms with Gasteiger partial charge in [-0.15, -0.1) is 0 Å². The first-order valence-electron chi connectivity index (χ1n) is 11.2. The number of hydrogen-bond donors (Lipinski definition) is 9. The van der Waals surface area contributed by atoms with E-state index in [0.29, 0.717) is 5.75 Å². The molecule has 0 saturated carbocycles. The number of nitrogens with two attached hydrogens (primary N) is 4. The first-order chi connectivity index (χ1) is 16.8. The van der Waals surface area contributed by atoms with E-state index in [4.69, 9.17) is 22.9 Å². The fraction of sp³-hybridized carbons (Fsp3) is 0.700. The smallest absolute Gasteiger partial charge is 0.326 e. The maximum absolute atomic E-state index is 13.0. The Kier molecular flexibility index (Phi) is 15.8. The number of rotatable bonds is 18. The summed E-state index contributed by atoms with van der Waals surface area (Å²) in [5.74, 6) is -4.07. The maximum atomic E-state index is 13.0. The lowest BCUT2D eigenvalue weighted by atomic mass is 10.1. The second-order valence-corrected chi connectivity index (χ2v) is 9.01. The van der Waals surface area contributed by atoms with Crippen molar-refractivity contribution in [1.29, 1.82) is 0 Å². The molecular formula is C20H38N8O7S. The number of aliphatic hydroxyl groups excluding tert-OH is 1. The predicted octanol–water partition coefficient (Wildman–Crippen LogP) is -3.69. The van der Waals surface area contributed by atoms with E-state index in [1.54, 1.807) is 6.26 Å². The quantitative estimate of drug-likeness (QED) is 0.0468. The monoisotopic (exact) mass is 534 g/mol. The average Bonchev–Trinajstić information content (AvgIpc) is 2.79. The molecule has 0 spiro atoms. The fourth-order valence-corrected chi connectivity index (χ4v) is 3.37. The van der Waals surface area contributed by atoms with Crippen LogP contribution in [0.3, 0.4) is 0 Å². The minimum atomic E-state index is -1.51. The van der Waals surface area contributed by atoms with Crippen LogP contribution in [0.4, 0.5) is 0 Å². The molecule has 0 saturated heterocycles. The third kappa shape index (κ3) is 13.7. The molecule has 0 aliphatic heterocycles. The van der Waals surface area contributed by atoms with E-state index in [-0.39, 0.29) is 44.6 Å². The first kappa shape index (κ1) is 32.9. The van der Waals surface area contributed by atoms with E-state index >= 15 is 0 Å². The lowest BCUT2D eigenvalue weighted by molar-refractivity contribution is -0.143. The summed E-state index contributed by atoms with van der Waals surface area (Å²) in [6.07, 6.45) is 0.636. The standard InChI is InChI=1S/C20H38N8O7S/c1-10(29)15(18(33)27-13(19(34)35)7-9-36-2)28-17(32)12(4-3-8-25-20(23)24)26-16(31)11(21)5-6-14(22)30/h10-13,15,29H,3-9,21H2,1-2H3,(H2,22,30)(H,26,31)(H,27,33)(H,28,32)(H,34,35)(H4,23,24,25). The molecule has 0 bridgehead atoms. The molecule has 36 heavy (non-hydrogen) atoms. The van der Waals surface area contributed by atoms with Gasteiger partial charge in [0.15, 0.2) is 5.96 Å². The topological polar surface area (TPSA) is 278 Å². The number of amides is 4. The van der Waals surface area contributed by atoms with Gasteiger partial charge in [-0.1, -0.05) is 0 Å². The molecule has 206 valence electrons. The van der Waals surface area contributed by atoms with E-state index in [0.717, 1.165) is 0 Å². The van der Waals surface area contributed by atoms with Gasteiger partial charge in [0.2, 0.25) is 23.6 Å². The minimum absolute atomic E-state index is 0.0382. The number of nitrogens with one attached hydrogen (secondary N) is 3. The highest BCUT2D eigenvalue weighted by Crippen LogP contribution is 2.06. The van der Waals surface area contributed by atoms with Crippen molar-refractivity contribution in [2.75, 3.05) is 18.6 Å². The van der Waals surface area contributed by atoms with Crippen molar-refractivity contribution in [3.05, 3.63) is 0 Å². The predicted molar refractivity (Wildman–Crippen MR) is 134 cm³/mol. The molecule has 0 aromatic carbocycles. The summed E-state index contributed by atoms with van der Waals surface area (Å²) in [4.78, 5) is 64.3. The second-order valence-electron chi connectivity index (χ2n) is 8.03. The fourth-order valence-electron chi connectivity index (χ4n) is 2.89. The lowest BCUT2D eigenvalue weighted by Gasteiger charge is -2.26. The molecule has 0 rings (SSSR count). The number of nitrogens with zero attached hydrogens (tertiary/aromatic N) is 1. The largest absolute Gasteiger partial charge is 0.480 e. The highest BCUT2D eigenvalue weighted by molar-refractivity contribution is 7.98. The number of aliphatic carboxylic acids is 1. The zero-order chi connectivity index (χ0) is 27.8. The molecule has 13 N–H and O–H groups in total. The molecule has 0 radical (unpaired) electrons. The van der Waals surface area contributed by atoms with Crippen molar-refractivity contribution in [1.82, 2.24) is 16.0 Å². The molecule has 0 aliphatic rings. The van der Waals surface area contributed by atoms with Crippen molar-refractivity contribution >= 4 is 47.3 Å². The molecule has 4 amide bonds. The number of thioether (sulfide) groups is 1. The molecular weight excluding hydrogens is 496 g/mol. The normalized spacial score (nSPS) is 14.9. The minimum Gasteiger partial charge on any atom is -0.480 e. The van der Waals surface area contributed by atoms with Crippen LogP contribution in [-0.2, 0) is 24.0 Å². The molecule has 0 aromatic heterocycles. The number of guanidine groups is 1. The molecule has 15 nitrogen and oxygen atoms in total. The van der Waals surface area contributed by atoms with Gasteiger partial charge in [-0.3, -0.25) is 24.2 Å². The van der Waals surface area contributed by atoms with Gasteiger partial charge < -0.3 is 49.1 Å². The summed E-state index contributed by atoms with van der Waals surface area (Å²) < 4.78 is 0. The van der Waals surface area contributed by atoms with Crippen LogP contribution in [0.2, 0.25) is 0 Å². The summed E-state index contributed by atoms with van der Waals surface area (Å²) in [5, 5.41) is 26.5. The molecule has 0 fully saturated rings. The Morgan fingerprint density at radius 1 is 0.917 bits per heavy atom. The van der Waals surface area contributed by atoms with Crippen molar-refractivity contribution in [3.8, 4) is 0 Å². The van der Waals surface area contributed by atoms with Crippen LogP contribution >= 0.6 is 11.8 Å². The van der Waals surface area contributed by atoms with E-state index < -0.39 is 59.9 Å². The molecule has 5 unspecified atom stereocenters. The number of aliphatic imine (C=N–C) groups is 1. The van der Waals surface area contributed by atoms with Crippen LogP contribution < -0.4 is 38.9 Å². The molecule has 5 atom stereocenters. The summed E-state index contributed by atoms with van der Waals surface area (Å²) >= 11 is 1.39. The number of hydrogen-bond acceptors (Lipinski definition) is 9. The Morgan fingerprint density at radius 3 is 2.03 bits per heavy atom. The summed E-state index contributed by atoms with van der Waals surface area (Å²) in [7, 11) is 0. The van der Waals surface area contributed by atoms with Crippen LogP contribution in [-0.4, -0.2) is 94.6 Å². The third-order valence-electron chi connectivity index (χ3n) is 4.90. The van der Waals surface area contributed by atoms with Gasteiger partial charge >= 0.3 is 5.97 Å². The Balaban J connectivity index is 5.50. The molecule has 0 aliphatic carbocycles. The van der Waals surface area contributed by atoms with E-state index in [1.807, 2.05) is 0 Å². The van der Waals surface area contributed by atoms with Gasteiger partial charge in [0.1, 0.15) is 18.1 Å². The van der Waals surface area contributed by atoms with E-state index in [9.17, 15) is 34.2 Å². The van der Waals surface area contributed by atoms with Crippen LogP contribution in [0.15, 0.2) is 4.99 Å². The van der Waals surface area contributed by atoms with E-state index in [1.165, 1.54) is 18.7 Å². The first-order valence-corrected chi connectivity index (χ1v) is 12.6. The number of aliphatic hydroxyl groups is 1. The third-order valence-corrected chi connectivity index (χ3v) is 5.55. The highest BCUT2D eigenvalue weighted by Gasteiger charge is 2.32. The summed E-state index contributed by atoms with van der Waals surface area (Å²) in [5.41, 5.74) is 21.4. The van der Waals surface area contributed by atoms with Gasteiger partial charge in [-0.2, -0.15) is 11.8 Å². The van der Waals surface area contributed by atoms with Crippen molar-refractivity contribution in [2.24, 2.45) is 27.9 Å². The zero-order valence-electron chi connectivity index (χ0n) is 20.4. The van der Waals surface area contributed by atoms with Gasteiger partial charge in [0.05, 0.1) is 12.1 Å². The van der Waals surface area contributed by atoms with Gasteiger partial charge in [0.25, 0.3) is 0 Å². The molecule has 0 heterocycles. The zero-order valence-corrected chi connectivity index (χ0v) is 21.3. The Hall–Kier alpha value is -3.11. The van der Waals surface area contributed by atoms with Crippen molar-refractivity contribution in [3.63, 3.8) is 0 Å². The maximum Gasteiger partial charge on any atom is 0.326 e. The SMILES string of the molecule is CSCCC(NC(=O)C(NC(=O)C(CCCN=C(N)N)NC(=O)C(N)CCC(N)=O)C(C)O)C(=O)O. The van der Waals surface area contributed by atoms with Crippen molar-refractivity contribution < 1.29 is 34.2 Å². The van der Waals surface area contributed by atoms with Crippen LogP contribution in [0, 0.1) is 0 Å². The number of carboxylic acids is 1. The van der Waals surface area contributed by atoms with Gasteiger partial charge in [-0.05, 0) is 44.6 Å². The van der Waals surface area contributed by atoms with Crippen molar-refractivity contribution in [2.45, 2.75) is 69.3 Å². The van der Waals surface area contributed by atoms with Gasteiger partial charge in [-0.25, -0.2) is 4.79 Å². The second kappa shape index (κ2) is 17.3. The Bertz CT molecular complexity index is 792. The summed E-state index contributed by atoms with van der Waals surface area (Å²) in [6, 6.07) is -5.06. The van der Waals surface area contributed by atoms with Crippen LogP contribution in [0.1, 0.15) is 39.0 Å². The van der Waals surface area contributed by atoms with Crippen LogP contribution in [0.25, 0.3) is 0 Å². The highest BCUT2D eigenvalue weighted by atomic mass is 32.2. The Morgan fingerprint density at radius 2 is 1.53 bits per heavy atom. The number of carbonyl (C=O) groups is 5. The molecule has 16 heteroatoms. The van der Waals surface area contributed by atoms with Gasteiger partial charge in [0, 0.05) is 13.0 Å². The van der Waals surface area contributed by atoms with E-state index in [2.05, 4.69) is 20.9 Å². The lowest BCUT2D eigenvalue weighted by Crippen LogP contribution is -2.59. The number of carbonyl (C=O) groups excluding carboxylic acids is 4. The number of carboxylic acid groups (broad SMARTS) is 1. The number of primary amides is 1.